The number of hydrogen-bond donors (Lipinski definition) is 0. The predicted molar refractivity (Wildman–Crippen MR) is 93.9 cm³/mol. The molecule has 5 heteroatoms. The predicted octanol–water partition coefficient (Wildman–Crippen LogP) is 2.55. The normalized spacial score (nSPS) is 21.4. The summed E-state index contributed by atoms with van der Waals surface area (Å²) in [5, 5.41) is 0. The number of nitrogens with zero attached hydrogens (tertiary/aromatic N) is 3. The summed E-state index contributed by atoms with van der Waals surface area (Å²) in [6, 6.07) is 10.00. The van der Waals surface area contributed by atoms with Gasteiger partial charge in [-0.3, -0.25) is 14.6 Å². The van der Waals surface area contributed by atoms with Gasteiger partial charge < -0.3 is 9.80 Å². The quantitative estimate of drug-likeness (QED) is 0.866. The summed E-state index contributed by atoms with van der Waals surface area (Å²) >= 11 is 0. The molecule has 0 aliphatic carbocycles. The van der Waals surface area contributed by atoms with E-state index in [0.29, 0.717) is 25.1 Å². The number of rotatable bonds is 3. The van der Waals surface area contributed by atoms with Crippen LogP contribution in [0, 0.1) is 0 Å². The van der Waals surface area contributed by atoms with Gasteiger partial charge in [-0.2, -0.15) is 0 Å². The lowest BCUT2D eigenvalue weighted by molar-refractivity contribution is -0.136. The molecule has 0 radical (unpaired) electrons. The third kappa shape index (κ3) is 1.98. The number of aromatic nitrogens is 1. The molecule has 4 rings (SSSR count). The molecule has 2 amide bonds. The number of benzene rings is 1. The lowest BCUT2D eigenvalue weighted by atomic mass is 9.90. The fourth-order valence-corrected chi connectivity index (χ4v) is 4.15. The smallest absolute Gasteiger partial charge is 0.256 e. The number of fused-ring (bicyclic) bond motifs is 3. The van der Waals surface area contributed by atoms with E-state index in [1.807, 2.05) is 28.9 Å². The Kier molecular flexibility index (Phi) is 3.60. The molecule has 0 N–H and O–H groups in total. The van der Waals surface area contributed by atoms with E-state index in [0.717, 1.165) is 17.5 Å². The topological polar surface area (TPSA) is 53.5 Å². The molecular weight excluding hydrogens is 314 g/mol. The molecule has 1 aromatic carbocycles. The van der Waals surface area contributed by atoms with E-state index in [1.54, 1.807) is 18.5 Å². The number of carbonyl (C=O) groups excluding carboxylic acids is 2. The minimum absolute atomic E-state index is 0.0247. The van der Waals surface area contributed by atoms with Gasteiger partial charge in [0.1, 0.15) is 0 Å². The molecule has 3 heterocycles. The Morgan fingerprint density at radius 2 is 1.92 bits per heavy atom. The van der Waals surface area contributed by atoms with Crippen molar-refractivity contribution in [3.05, 3.63) is 65.0 Å². The first-order valence-electron chi connectivity index (χ1n) is 8.80. The van der Waals surface area contributed by atoms with E-state index in [-0.39, 0.29) is 11.8 Å². The maximum Gasteiger partial charge on any atom is 0.256 e. The highest BCUT2D eigenvalue weighted by Crippen LogP contribution is 2.49. The zero-order valence-corrected chi connectivity index (χ0v) is 14.5. The molecule has 2 aliphatic heterocycles. The average Bonchev–Trinajstić information content (AvgIpc) is 3.17. The van der Waals surface area contributed by atoms with Crippen LogP contribution in [0.4, 0.5) is 0 Å². The van der Waals surface area contributed by atoms with Gasteiger partial charge in [0, 0.05) is 43.0 Å². The lowest BCUT2D eigenvalue weighted by Crippen LogP contribution is -2.51. The maximum atomic E-state index is 13.0. The number of pyridine rings is 1. The fraction of sp³-hybridized carbons (Fsp3) is 0.350. The third-order valence-corrected chi connectivity index (χ3v) is 5.37. The molecule has 2 aromatic rings. The Morgan fingerprint density at radius 3 is 2.60 bits per heavy atom. The first kappa shape index (κ1) is 15.8. The van der Waals surface area contributed by atoms with Gasteiger partial charge in [0.05, 0.1) is 5.56 Å². The van der Waals surface area contributed by atoms with Crippen molar-refractivity contribution in [1.82, 2.24) is 14.8 Å². The van der Waals surface area contributed by atoms with Crippen LogP contribution in [0.25, 0.3) is 0 Å². The Balaban J connectivity index is 1.99. The van der Waals surface area contributed by atoms with E-state index >= 15 is 0 Å². The van der Waals surface area contributed by atoms with Crippen LogP contribution in [-0.2, 0) is 16.9 Å². The molecule has 0 spiro atoms. The van der Waals surface area contributed by atoms with Crippen molar-refractivity contribution in [2.75, 3.05) is 13.1 Å². The minimum atomic E-state index is -0.861. The zero-order chi connectivity index (χ0) is 17.6. The second-order valence-corrected chi connectivity index (χ2v) is 6.50. The number of hydrogen-bond acceptors (Lipinski definition) is 3. The molecule has 5 nitrogen and oxygen atoms in total. The average molecular weight is 335 g/mol. The minimum Gasteiger partial charge on any atom is -0.310 e. The van der Waals surface area contributed by atoms with Gasteiger partial charge in [-0.05, 0) is 18.1 Å². The summed E-state index contributed by atoms with van der Waals surface area (Å²) in [4.78, 5) is 33.7. The maximum absolute atomic E-state index is 13.0. The van der Waals surface area contributed by atoms with Gasteiger partial charge >= 0.3 is 0 Å². The molecule has 0 bridgehead atoms. The van der Waals surface area contributed by atoms with Gasteiger partial charge in [0.15, 0.2) is 5.66 Å². The van der Waals surface area contributed by atoms with Crippen molar-refractivity contribution in [2.45, 2.75) is 32.4 Å². The highest BCUT2D eigenvalue weighted by molar-refractivity contribution is 6.01. The molecule has 1 saturated heterocycles. The SMILES string of the molecule is CCC(=O)N1CCN2C(=O)c3ccncc3C12c1ccc(CC)cc1. The second-order valence-electron chi connectivity index (χ2n) is 6.50. The van der Waals surface area contributed by atoms with Crippen LogP contribution in [0.2, 0.25) is 0 Å². The Labute approximate surface area is 147 Å². The highest BCUT2D eigenvalue weighted by Gasteiger charge is 2.59. The molecule has 0 saturated carbocycles. The second kappa shape index (κ2) is 5.69. The molecule has 1 unspecified atom stereocenters. The van der Waals surface area contributed by atoms with Gasteiger partial charge in [-0.1, -0.05) is 38.1 Å². The summed E-state index contributed by atoms with van der Waals surface area (Å²) < 4.78 is 0. The van der Waals surface area contributed by atoms with Gasteiger partial charge in [-0.25, -0.2) is 0 Å². The van der Waals surface area contributed by atoms with Crippen molar-refractivity contribution in [3.63, 3.8) is 0 Å². The summed E-state index contributed by atoms with van der Waals surface area (Å²) in [6.07, 6.45) is 4.74. The molecule has 128 valence electrons. The lowest BCUT2D eigenvalue weighted by Gasteiger charge is -2.40. The van der Waals surface area contributed by atoms with E-state index in [2.05, 4.69) is 24.0 Å². The van der Waals surface area contributed by atoms with Gasteiger partial charge in [-0.15, -0.1) is 0 Å². The van der Waals surface area contributed by atoms with Crippen LogP contribution < -0.4 is 0 Å². The van der Waals surface area contributed by atoms with Crippen molar-refractivity contribution in [1.29, 1.82) is 0 Å². The van der Waals surface area contributed by atoms with Crippen molar-refractivity contribution in [2.24, 2.45) is 0 Å². The Hall–Kier alpha value is -2.69. The number of amides is 2. The summed E-state index contributed by atoms with van der Waals surface area (Å²) in [5.41, 5.74) is 2.77. The highest BCUT2D eigenvalue weighted by atomic mass is 16.2. The van der Waals surface area contributed by atoms with E-state index < -0.39 is 5.66 Å². The van der Waals surface area contributed by atoms with E-state index in [9.17, 15) is 9.59 Å². The largest absolute Gasteiger partial charge is 0.310 e. The zero-order valence-electron chi connectivity index (χ0n) is 14.5. The molecule has 25 heavy (non-hydrogen) atoms. The van der Waals surface area contributed by atoms with Crippen molar-refractivity contribution >= 4 is 11.8 Å². The monoisotopic (exact) mass is 335 g/mol. The molecule has 2 aliphatic rings. The van der Waals surface area contributed by atoms with E-state index in [4.69, 9.17) is 0 Å². The Morgan fingerprint density at radius 1 is 1.16 bits per heavy atom. The van der Waals surface area contributed by atoms with Crippen LogP contribution in [0.5, 0.6) is 0 Å². The van der Waals surface area contributed by atoms with Crippen LogP contribution in [0.3, 0.4) is 0 Å². The third-order valence-electron chi connectivity index (χ3n) is 5.37. The number of aryl methyl sites for hydroxylation is 1. The van der Waals surface area contributed by atoms with Crippen LogP contribution in [-0.4, -0.2) is 39.7 Å². The first-order chi connectivity index (χ1) is 12.1. The van der Waals surface area contributed by atoms with Crippen molar-refractivity contribution < 1.29 is 9.59 Å². The Bertz CT molecular complexity index is 846. The summed E-state index contributed by atoms with van der Waals surface area (Å²) in [7, 11) is 0. The van der Waals surface area contributed by atoms with Crippen LogP contribution >= 0.6 is 0 Å². The summed E-state index contributed by atoms with van der Waals surface area (Å²) in [5.74, 6) is 0.0231. The molecule has 1 aromatic heterocycles. The molecule has 1 fully saturated rings. The fourth-order valence-electron chi connectivity index (χ4n) is 4.15. The van der Waals surface area contributed by atoms with Gasteiger partial charge in [0.25, 0.3) is 5.91 Å². The first-order valence-corrected chi connectivity index (χ1v) is 8.80. The molecular formula is C20H21N3O2. The van der Waals surface area contributed by atoms with E-state index in [1.165, 1.54) is 5.56 Å². The van der Waals surface area contributed by atoms with Crippen molar-refractivity contribution in [3.8, 4) is 0 Å². The molecule has 1 atom stereocenters. The van der Waals surface area contributed by atoms with Crippen LogP contribution in [0.1, 0.15) is 47.3 Å². The number of carbonyl (C=O) groups is 2. The summed E-state index contributed by atoms with van der Waals surface area (Å²) in [6.45, 7) is 5.05. The van der Waals surface area contributed by atoms with Crippen LogP contribution in [0.15, 0.2) is 42.7 Å². The standard InChI is InChI=1S/C20H21N3O2/c1-3-14-5-7-15(8-6-14)20-17-13-21-10-9-16(17)19(25)23(20)12-11-22(20)18(24)4-2/h5-10,13H,3-4,11-12H2,1-2H3. The van der Waals surface area contributed by atoms with Gasteiger partial charge in [0.2, 0.25) is 5.91 Å².